The third kappa shape index (κ3) is 4.34. The highest BCUT2D eigenvalue weighted by Crippen LogP contribution is 2.22. The molecule has 0 fully saturated rings. The second-order valence-corrected chi connectivity index (χ2v) is 5.51. The highest BCUT2D eigenvalue weighted by atomic mass is 35.5. The topological polar surface area (TPSA) is 37.0 Å². The van der Waals surface area contributed by atoms with Crippen molar-refractivity contribution in [1.82, 2.24) is 10.3 Å². The van der Waals surface area contributed by atoms with Crippen molar-refractivity contribution in [1.29, 1.82) is 0 Å². The molecular weight excluding hydrogens is 313 g/mol. The summed E-state index contributed by atoms with van der Waals surface area (Å²) in [5.41, 5.74) is 1.66. The molecule has 20 heavy (non-hydrogen) atoms. The number of rotatable bonds is 3. The number of anilines is 1. The van der Waals surface area contributed by atoms with Crippen LogP contribution < -0.4 is 10.6 Å². The minimum Gasteiger partial charge on any atom is -0.354 e. The molecule has 0 bridgehead atoms. The van der Waals surface area contributed by atoms with Crippen LogP contribution in [0.4, 0.5) is 5.69 Å². The Labute approximate surface area is 133 Å². The third-order valence-electron chi connectivity index (χ3n) is 2.60. The van der Waals surface area contributed by atoms with Gasteiger partial charge in [0.25, 0.3) is 0 Å². The Kier molecular flexibility index (Phi) is 5.17. The van der Waals surface area contributed by atoms with Gasteiger partial charge in [0.15, 0.2) is 5.11 Å². The SMILES string of the molecule is C[C@H](NC(=S)Nc1cc(Cl)cc(Cl)c1)c1ccccn1. The maximum atomic E-state index is 5.94. The number of hydrogen-bond donors (Lipinski definition) is 2. The zero-order valence-corrected chi connectivity index (χ0v) is 13.1. The first-order valence-corrected chi connectivity index (χ1v) is 7.15. The lowest BCUT2D eigenvalue weighted by Gasteiger charge is -2.16. The van der Waals surface area contributed by atoms with Crippen LogP contribution in [-0.4, -0.2) is 10.1 Å². The standard InChI is InChI=1S/C14H13Cl2N3S/c1-9(13-4-2-3-5-17-13)18-14(20)19-12-7-10(15)6-11(16)8-12/h2-9H,1H3,(H2,18,19,20)/t9-/m0/s1. The number of halogens is 2. The summed E-state index contributed by atoms with van der Waals surface area (Å²) in [6.45, 7) is 1.99. The molecule has 1 aromatic heterocycles. The molecule has 1 aromatic carbocycles. The van der Waals surface area contributed by atoms with E-state index in [1.165, 1.54) is 0 Å². The Hall–Kier alpha value is -1.36. The first-order valence-electron chi connectivity index (χ1n) is 5.99. The molecule has 6 heteroatoms. The first-order chi connectivity index (χ1) is 9.54. The van der Waals surface area contributed by atoms with Gasteiger partial charge >= 0.3 is 0 Å². The van der Waals surface area contributed by atoms with Crippen molar-refractivity contribution in [3.8, 4) is 0 Å². The van der Waals surface area contributed by atoms with E-state index >= 15 is 0 Å². The number of pyridine rings is 1. The van der Waals surface area contributed by atoms with Crippen molar-refractivity contribution in [3.05, 3.63) is 58.3 Å². The van der Waals surface area contributed by atoms with E-state index in [0.717, 1.165) is 11.4 Å². The normalized spacial score (nSPS) is 11.8. The fraction of sp³-hybridized carbons (Fsp3) is 0.143. The van der Waals surface area contributed by atoms with E-state index in [2.05, 4.69) is 15.6 Å². The molecule has 0 radical (unpaired) electrons. The smallest absolute Gasteiger partial charge is 0.171 e. The van der Waals surface area contributed by atoms with Crippen LogP contribution in [0.3, 0.4) is 0 Å². The molecule has 0 spiro atoms. The monoisotopic (exact) mass is 325 g/mol. The van der Waals surface area contributed by atoms with Crippen LogP contribution in [0.1, 0.15) is 18.7 Å². The molecule has 1 atom stereocenters. The molecule has 104 valence electrons. The minimum atomic E-state index is 0.00542. The van der Waals surface area contributed by atoms with E-state index in [1.807, 2.05) is 25.1 Å². The van der Waals surface area contributed by atoms with Crippen LogP contribution >= 0.6 is 35.4 Å². The quantitative estimate of drug-likeness (QED) is 0.818. The molecule has 1 heterocycles. The molecule has 0 unspecified atom stereocenters. The van der Waals surface area contributed by atoms with Crippen molar-refractivity contribution in [3.63, 3.8) is 0 Å². The molecule has 3 nitrogen and oxygen atoms in total. The molecule has 2 aromatic rings. The zero-order valence-electron chi connectivity index (χ0n) is 10.7. The van der Waals surface area contributed by atoms with E-state index in [9.17, 15) is 0 Å². The molecule has 0 saturated heterocycles. The van der Waals surface area contributed by atoms with Gasteiger partial charge in [-0.1, -0.05) is 29.3 Å². The first kappa shape index (κ1) is 15.0. The van der Waals surface area contributed by atoms with Crippen LogP contribution in [0.25, 0.3) is 0 Å². The fourth-order valence-electron chi connectivity index (χ4n) is 1.70. The van der Waals surface area contributed by atoms with Gasteiger partial charge in [-0.3, -0.25) is 4.98 Å². The van der Waals surface area contributed by atoms with Gasteiger partial charge < -0.3 is 10.6 Å². The maximum Gasteiger partial charge on any atom is 0.171 e. The summed E-state index contributed by atoms with van der Waals surface area (Å²) in [5, 5.41) is 7.80. The van der Waals surface area contributed by atoms with Gasteiger partial charge in [0.05, 0.1) is 11.7 Å². The minimum absolute atomic E-state index is 0.00542. The van der Waals surface area contributed by atoms with Crippen LogP contribution in [-0.2, 0) is 0 Å². The van der Waals surface area contributed by atoms with E-state index in [1.54, 1.807) is 24.4 Å². The van der Waals surface area contributed by atoms with Gasteiger partial charge in [0.1, 0.15) is 0 Å². The Morgan fingerprint density at radius 1 is 1.20 bits per heavy atom. The zero-order chi connectivity index (χ0) is 14.5. The van der Waals surface area contributed by atoms with Crippen LogP contribution in [0, 0.1) is 0 Å². The number of benzene rings is 1. The lowest BCUT2D eigenvalue weighted by atomic mass is 10.2. The average molecular weight is 326 g/mol. The number of nitrogens with one attached hydrogen (secondary N) is 2. The highest BCUT2D eigenvalue weighted by Gasteiger charge is 2.08. The summed E-state index contributed by atoms with van der Waals surface area (Å²) < 4.78 is 0. The molecule has 0 amide bonds. The Bertz CT molecular complexity index is 584. The average Bonchev–Trinajstić information content (AvgIpc) is 2.38. The van der Waals surface area contributed by atoms with Crippen molar-refractivity contribution in [2.24, 2.45) is 0 Å². The van der Waals surface area contributed by atoms with Crippen LogP contribution in [0.2, 0.25) is 10.0 Å². The second-order valence-electron chi connectivity index (χ2n) is 4.23. The van der Waals surface area contributed by atoms with E-state index in [0.29, 0.717) is 15.2 Å². The molecule has 0 aliphatic rings. The predicted molar refractivity (Wildman–Crippen MR) is 88.5 cm³/mol. The molecule has 2 rings (SSSR count). The van der Waals surface area contributed by atoms with Gasteiger partial charge in [-0.15, -0.1) is 0 Å². The fourth-order valence-corrected chi connectivity index (χ4v) is 2.52. The summed E-state index contributed by atoms with van der Waals surface area (Å²) in [5.74, 6) is 0. The summed E-state index contributed by atoms with van der Waals surface area (Å²) in [6, 6.07) is 10.9. The molecular formula is C14H13Cl2N3S. The largest absolute Gasteiger partial charge is 0.354 e. The van der Waals surface area contributed by atoms with Crippen LogP contribution in [0.15, 0.2) is 42.6 Å². The van der Waals surface area contributed by atoms with Gasteiger partial charge in [-0.2, -0.15) is 0 Å². The Morgan fingerprint density at radius 2 is 1.90 bits per heavy atom. The van der Waals surface area contributed by atoms with E-state index in [-0.39, 0.29) is 6.04 Å². The van der Waals surface area contributed by atoms with E-state index < -0.39 is 0 Å². The number of hydrogen-bond acceptors (Lipinski definition) is 2. The molecule has 0 aliphatic heterocycles. The molecule has 0 aliphatic carbocycles. The Morgan fingerprint density at radius 3 is 2.50 bits per heavy atom. The lowest BCUT2D eigenvalue weighted by molar-refractivity contribution is 0.696. The summed E-state index contributed by atoms with van der Waals surface area (Å²) >= 11 is 17.1. The van der Waals surface area contributed by atoms with Gasteiger partial charge in [0, 0.05) is 21.9 Å². The van der Waals surface area contributed by atoms with Crippen molar-refractivity contribution in [2.75, 3.05) is 5.32 Å². The third-order valence-corrected chi connectivity index (χ3v) is 3.26. The summed E-state index contributed by atoms with van der Waals surface area (Å²) in [6.07, 6.45) is 1.75. The lowest BCUT2D eigenvalue weighted by Crippen LogP contribution is -2.31. The maximum absolute atomic E-state index is 5.94. The van der Waals surface area contributed by atoms with Crippen molar-refractivity contribution >= 4 is 46.2 Å². The number of nitrogens with zero attached hydrogens (tertiary/aromatic N) is 1. The Balaban J connectivity index is 1.99. The highest BCUT2D eigenvalue weighted by molar-refractivity contribution is 7.80. The number of thiocarbonyl (C=S) groups is 1. The van der Waals surface area contributed by atoms with Gasteiger partial charge in [0.2, 0.25) is 0 Å². The molecule has 2 N–H and O–H groups in total. The summed E-state index contributed by atoms with van der Waals surface area (Å²) in [4.78, 5) is 4.27. The van der Waals surface area contributed by atoms with E-state index in [4.69, 9.17) is 35.4 Å². The predicted octanol–water partition coefficient (Wildman–Crippen LogP) is 4.44. The second kappa shape index (κ2) is 6.88. The molecule has 0 saturated carbocycles. The summed E-state index contributed by atoms with van der Waals surface area (Å²) in [7, 11) is 0. The van der Waals surface area contributed by atoms with Crippen molar-refractivity contribution in [2.45, 2.75) is 13.0 Å². The van der Waals surface area contributed by atoms with Crippen LogP contribution in [0.5, 0.6) is 0 Å². The van der Waals surface area contributed by atoms with Gasteiger partial charge in [-0.05, 0) is 49.5 Å². The van der Waals surface area contributed by atoms with Crippen molar-refractivity contribution < 1.29 is 0 Å². The van der Waals surface area contributed by atoms with Gasteiger partial charge in [-0.25, -0.2) is 0 Å². The number of aromatic nitrogens is 1.